The predicted octanol–water partition coefficient (Wildman–Crippen LogP) is 2.32. The summed E-state index contributed by atoms with van der Waals surface area (Å²) < 4.78 is 27.2. The number of benzene rings is 2. The van der Waals surface area contributed by atoms with Gasteiger partial charge >= 0.3 is 0 Å². The minimum atomic E-state index is -3.62. The summed E-state index contributed by atoms with van der Waals surface area (Å²) >= 11 is 0. The van der Waals surface area contributed by atoms with E-state index in [2.05, 4.69) is 44.1 Å². The van der Waals surface area contributed by atoms with Gasteiger partial charge in [-0.25, -0.2) is 13.1 Å². The van der Waals surface area contributed by atoms with E-state index in [4.69, 9.17) is 0 Å². The number of nitrogens with one attached hydrogen (secondary N) is 2. The molecule has 0 radical (unpaired) electrons. The van der Waals surface area contributed by atoms with Crippen molar-refractivity contribution in [2.45, 2.75) is 31.2 Å². The molecule has 168 valence electrons. The van der Waals surface area contributed by atoms with Gasteiger partial charge in [-0.1, -0.05) is 24.3 Å². The van der Waals surface area contributed by atoms with E-state index in [1.165, 1.54) is 17.8 Å². The first-order chi connectivity index (χ1) is 14.8. The highest BCUT2D eigenvalue weighted by atomic mass is 32.2. The fourth-order valence-electron chi connectivity index (χ4n) is 3.66. The maximum Gasteiger partial charge on any atom is 0.251 e. The van der Waals surface area contributed by atoms with Crippen molar-refractivity contribution in [1.29, 1.82) is 0 Å². The van der Waals surface area contributed by atoms with Crippen LogP contribution in [0.3, 0.4) is 0 Å². The summed E-state index contributed by atoms with van der Waals surface area (Å²) in [5, 5.41) is 2.90. The number of nitrogens with zero attached hydrogens (tertiary/aromatic N) is 2. The number of carbonyl (C=O) groups is 1. The van der Waals surface area contributed by atoms with Crippen LogP contribution in [0.15, 0.2) is 59.5 Å². The second-order valence-electron chi connectivity index (χ2n) is 8.08. The van der Waals surface area contributed by atoms with Crippen LogP contribution in [0.25, 0.3) is 0 Å². The topological polar surface area (TPSA) is 81.7 Å². The molecule has 0 saturated carbocycles. The van der Waals surface area contributed by atoms with Crippen LogP contribution in [0, 0.1) is 0 Å². The molecule has 1 aliphatic rings. The highest BCUT2D eigenvalue weighted by molar-refractivity contribution is 7.89. The van der Waals surface area contributed by atoms with Gasteiger partial charge in [0.2, 0.25) is 10.0 Å². The molecule has 0 aliphatic carbocycles. The number of hydrogen-bond donors (Lipinski definition) is 2. The Kier molecular flexibility index (Phi) is 8.06. The zero-order chi connectivity index (χ0) is 22.3. The Hall–Kier alpha value is -2.42. The van der Waals surface area contributed by atoms with Gasteiger partial charge in [-0.15, -0.1) is 0 Å². The van der Waals surface area contributed by atoms with E-state index < -0.39 is 10.0 Å². The molecule has 31 heavy (non-hydrogen) atoms. The number of amides is 1. The van der Waals surface area contributed by atoms with Gasteiger partial charge in [0.15, 0.2) is 0 Å². The highest BCUT2D eigenvalue weighted by Gasteiger charge is 2.18. The molecule has 2 aromatic rings. The minimum Gasteiger partial charge on any atom is -0.369 e. The van der Waals surface area contributed by atoms with Crippen molar-refractivity contribution in [3.63, 3.8) is 0 Å². The van der Waals surface area contributed by atoms with Crippen LogP contribution in [0.5, 0.6) is 0 Å². The molecular formula is C23H32N4O3S. The molecule has 0 aromatic heterocycles. The SMILES string of the molecule is CC(C)NS(=O)(=O)c1cccc(C(=O)NCCCN2CCN(c3ccccc3)CC2)c1. The van der Waals surface area contributed by atoms with Crippen molar-refractivity contribution < 1.29 is 13.2 Å². The second-order valence-corrected chi connectivity index (χ2v) is 9.79. The van der Waals surface area contributed by atoms with Crippen molar-refractivity contribution in [2.75, 3.05) is 44.2 Å². The standard InChI is InChI=1S/C23H32N4O3S/c1-19(2)25-31(29,30)22-11-6-8-20(18-22)23(28)24-12-7-13-26-14-16-27(17-15-26)21-9-4-3-5-10-21/h3-6,8-11,18-19,25H,7,12-17H2,1-2H3,(H,24,28). The van der Waals surface area contributed by atoms with Crippen LogP contribution >= 0.6 is 0 Å². The van der Waals surface area contributed by atoms with Gasteiger partial charge in [-0.2, -0.15) is 0 Å². The zero-order valence-electron chi connectivity index (χ0n) is 18.3. The maximum absolute atomic E-state index is 12.5. The average Bonchev–Trinajstić information content (AvgIpc) is 2.77. The van der Waals surface area contributed by atoms with E-state index in [-0.39, 0.29) is 16.8 Å². The summed E-state index contributed by atoms with van der Waals surface area (Å²) in [7, 11) is -3.62. The molecule has 7 nitrogen and oxygen atoms in total. The lowest BCUT2D eigenvalue weighted by molar-refractivity contribution is 0.0951. The van der Waals surface area contributed by atoms with E-state index in [9.17, 15) is 13.2 Å². The molecule has 0 spiro atoms. The molecule has 1 saturated heterocycles. The van der Waals surface area contributed by atoms with Crippen molar-refractivity contribution >= 4 is 21.6 Å². The number of anilines is 1. The smallest absolute Gasteiger partial charge is 0.251 e. The van der Waals surface area contributed by atoms with E-state index in [1.54, 1.807) is 26.0 Å². The molecule has 1 aliphatic heterocycles. The maximum atomic E-state index is 12.5. The molecule has 8 heteroatoms. The number of piperazine rings is 1. The first kappa shape index (κ1) is 23.2. The van der Waals surface area contributed by atoms with Gasteiger partial charge in [0.25, 0.3) is 5.91 Å². The fraction of sp³-hybridized carbons (Fsp3) is 0.435. The summed E-state index contributed by atoms with van der Waals surface area (Å²) in [4.78, 5) is 17.4. The number of carbonyl (C=O) groups excluding carboxylic acids is 1. The van der Waals surface area contributed by atoms with Crippen molar-refractivity contribution in [2.24, 2.45) is 0 Å². The first-order valence-corrected chi connectivity index (χ1v) is 12.3. The molecule has 2 aromatic carbocycles. The summed E-state index contributed by atoms with van der Waals surface area (Å²) in [5.74, 6) is -0.254. The third-order valence-electron chi connectivity index (χ3n) is 5.23. The summed E-state index contributed by atoms with van der Waals surface area (Å²) in [6.07, 6.45) is 0.851. The number of hydrogen-bond acceptors (Lipinski definition) is 5. The Morgan fingerprint density at radius 2 is 1.71 bits per heavy atom. The highest BCUT2D eigenvalue weighted by Crippen LogP contribution is 2.15. The van der Waals surface area contributed by atoms with E-state index >= 15 is 0 Å². The second kappa shape index (κ2) is 10.7. The average molecular weight is 445 g/mol. The zero-order valence-corrected chi connectivity index (χ0v) is 19.1. The molecule has 1 heterocycles. The minimum absolute atomic E-state index is 0.102. The largest absolute Gasteiger partial charge is 0.369 e. The molecule has 0 atom stereocenters. The van der Waals surface area contributed by atoms with Crippen molar-refractivity contribution in [3.8, 4) is 0 Å². The molecule has 1 fully saturated rings. The summed E-state index contributed by atoms with van der Waals surface area (Å²) in [6.45, 7) is 9.02. The van der Waals surface area contributed by atoms with E-state index in [1.807, 2.05) is 6.07 Å². The molecular weight excluding hydrogens is 412 g/mol. The summed E-state index contributed by atoms with van der Waals surface area (Å²) in [5.41, 5.74) is 1.62. The van der Waals surface area contributed by atoms with E-state index in [0.717, 1.165) is 39.1 Å². The quantitative estimate of drug-likeness (QED) is 0.580. The molecule has 0 unspecified atom stereocenters. The normalized spacial score (nSPS) is 15.3. The van der Waals surface area contributed by atoms with Crippen LogP contribution in [-0.2, 0) is 10.0 Å². The first-order valence-electron chi connectivity index (χ1n) is 10.8. The Bertz CT molecular complexity index is 956. The van der Waals surface area contributed by atoms with Gasteiger partial charge < -0.3 is 10.2 Å². The van der Waals surface area contributed by atoms with Crippen LogP contribution in [-0.4, -0.2) is 64.5 Å². The Morgan fingerprint density at radius 1 is 1.00 bits per heavy atom. The van der Waals surface area contributed by atoms with Gasteiger partial charge in [0.05, 0.1) is 4.90 Å². The van der Waals surface area contributed by atoms with Crippen molar-refractivity contribution in [1.82, 2.24) is 14.9 Å². The van der Waals surface area contributed by atoms with Gasteiger partial charge in [-0.05, 0) is 57.1 Å². The molecule has 2 N–H and O–H groups in total. The van der Waals surface area contributed by atoms with Gasteiger partial charge in [-0.3, -0.25) is 9.69 Å². The van der Waals surface area contributed by atoms with Crippen molar-refractivity contribution in [3.05, 3.63) is 60.2 Å². The lowest BCUT2D eigenvalue weighted by Crippen LogP contribution is -2.47. The van der Waals surface area contributed by atoms with Gasteiger partial charge in [0.1, 0.15) is 0 Å². The summed E-state index contributed by atoms with van der Waals surface area (Å²) in [6, 6.07) is 16.4. The van der Waals surface area contributed by atoms with Crippen LogP contribution in [0.2, 0.25) is 0 Å². The molecule has 0 bridgehead atoms. The Labute approximate surface area is 185 Å². The van der Waals surface area contributed by atoms with Crippen LogP contribution < -0.4 is 14.9 Å². The molecule has 1 amide bonds. The Balaban J connectivity index is 1.41. The number of rotatable bonds is 9. The number of sulfonamides is 1. The van der Waals surface area contributed by atoms with Crippen LogP contribution in [0.1, 0.15) is 30.6 Å². The Morgan fingerprint density at radius 3 is 2.39 bits per heavy atom. The predicted molar refractivity (Wildman–Crippen MR) is 124 cm³/mol. The lowest BCUT2D eigenvalue weighted by atomic mass is 10.2. The van der Waals surface area contributed by atoms with E-state index in [0.29, 0.717) is 12.1 Å². The third-order valence-corrected chi connectivity index (χ3v) is 6.88. The monoisotopic (exact) mass is 444 g/mol. The van der Waals surface area contributed by atoms with Crippen LogP contribution in [0.4, 0.5) is 5.69 Å². The van der Waals surface area contributed by atoms with Gasteiger partial charge in [0, 0.05) is 50.0 Å². The third kappa shape index (κ3) is 6.78. The molecule has 3 rings (SSSR count). The lowest BCUT2D eigenvalue weighted by Gasteiger charge is -2.36. The fourth-order valence-corrected chi connectivity index (χ4v) is 4.95. The number of para-hydroxylation sites is 1.